The topological polar surface area (TPSA) is 78.9 Å². The van der Waals surface area contributed by atoms with Gasteiger partial charge in [0.25, 0.3) is 0 Å². The molecule has 6 nitrogen and oxygen atoms in total. The van der Waals surface area contributed by atoms with E-state index in [0.29, 0.717) is 19.3 Å². The molecule has 0 amide bonds. The van der Waals surface area contributed by atoms with E-state index in [1.54, 1.807) is 0 Å². The van der Waals surface area contributed by atoms with Gasteiger partial charge in [0.1, 0.15) is 13.2 Å². The van der Waals surface area contributed by atoms with Gasteiger partial charge in [0.05, 0.1) is 0 Å². The Morgan fingerprint density at radius 3 is 0.903 bits per heavy atom. The minimum atomic E-state index is -0.798. The zero-order chi connectivity index (χ0) is 52.2. The number of hydrogen-bond acceptors (Lipinski definition) is 6. The van der Waals surface area contributed by atoms with Crippen LogP contribution < -0.4 is 0 Å². The van der Waals surface area contributed by atoms with E-state index >= 15 is 0 Å². The third kappa shape index (κ3) is 58.0. The Hall–Kier alpha value is -2.89. The molecule has 0 aliphatic heterocycles. The van der Waals surface area contributed by atoms with Crippen LogP contribution in [0.4, 0.5) is 0 Å². The van der Waals surface area contributed by atoms with Crippen LogP contribution in [0.1, 0.15) is 323 Å². The fourth-order valence-corrected chi connectivity index (χ4v) is 9.08. The highest BCUT2D eigenvalue weighted by atomic mass is 16.6. The van der Waals surface area contributed by atoms with Crippen LogP contribution in [0.3, 0.4) is 0 Å². The second-order valence-electron chi connectivity index (χ2n) is 20.9. The molecule has 0 radical (unpaired) electrons. The molecule has 418 valence electrons. The van der Waals surface area contributed by atoms with Crippen LogP contribution in [-0.2, 0) is 28.6 Å². The first-order chi connectivity index (χ1) is 35.5. The lowest BCUT2D eigenvalue weighted by Gasteiger charge is -2.18. The SMILES string of the molecule is CC/C=C\C/C=C\C/C=C\C/C=C\CCCCC(=O)OC(COC(=O)CCCCCCC/C=C\CCCCCC)COC(=O)CCCCCCCCCCCCCCCCCCCCCCCCCCCC. The molecule has 0 rings (SSSR count). The van der Waals surface area contributed by atoms with Gasteiger partial charge >= 0.3 is 17.9 Å². The van der Waals surface area contributed by atoms with Crippen molar-refractivity contribution in [3.05, 3.63) is 60.8 Å². The van der Waals surface area contributed by atoms with E-state index in [1.807, 2.05) is 0 Å². The van der Waals surface area contributed by atoms with E-state index < -0.39 is 6.10 Å². The summed E-state index contributed by atoms with van der Waals surface area (Å²) in [6, 6.07) is 0. The van der Waals surface area contributed by atoms with Crippen molar-refractivity contribution in [3.63, 3.8) is 0 Å². The van der Waals surface area contributed by atoms with E-state index in [0.717, 1.165) is 83.5 Å². The predicted molar refractivity (Wildman–Crippen MR) is 312 cm³/mol. The van der Waals surface area contributed by atoms with Crippen molar-refractivity contribution in [1.82, 2.24) is 0 Å². The molecule has 0 aromatic rings. The third-order valence-electron chi connectivity index (χ3n) is 13.8. The molecular weight excluding hydrogens is 889 g/mol. The monoisotopic (exact) mass is 1010 g/mol. The molecule has 1 unspecified atom stereocenters. The maximum atomic E-state index is 12.8. The molecule has 0 N–H and O–H groups in total. The number of carbonyl (C=O) groups excluding carboxylic acids is 3. The molecule has 0 aromatic heterocycles. The normalized spacial score (nSPS) is 12.4. The van der Waals surface area contributed by atoms with E-state index in [9.17, 15) is 14.4 Å². The molecule has 0 aromatic carbocycles. The first-order valence-corrected chi connectivity index (χ1v) is 31.3. The number of esters is 3. The maximum Gasteiger partial charge on any atom is 0.306 e. The van der Waals surface area contributed by atoms with Crippen molar-refractivity contribution in [3.8, 4) is 0 Å². The van der Waals surface area contributed by atoms with Crippen LogP contribution in [0.2, 0.25) is 0 Å². The molecule has 6 heteroatoms. The Morgan fingerprint density at radius 2 is 0.542 bits per heavy atom. The summed E-state index contributed by atoms with van der Waals surface area (Å²) < 4.78 is 16.8. The summed E-state index contributed by atoms with van der Waals surface area (Å²) in [6.45, 7) is 6.51. The zero-order valence-electron chi connectivity index (χ0n) is 47.9. The largest absolute Gasteiger partial charge is 0.462 e. The highest BCUT2D eigenvalue weighted by Gasteiger charge is 2.19. The number of hydrogen-bond donors (Lipinski definition) is 0. The fraction of sp³-hybridized carbons (Fsp3) is 0.803. The second-order valence-corrected chi connectivity index (χ2v) is 20.9. The van der Waals surface area contributed by atoms with Crippen LogP contribution in [0.25, 0.3) is 0 Å². The predicted octanol–water partition coefficient (Wildman–Crippen LogP) is 21.2. The maximum absolute atomic E-state index is 12.8. The minimum Gasteiger partial charge on any atom is -0.462 e. The van der Waals surface area contributed by atoms with Gasteiger partial charge in [-0.2, -0.15) is 0 Å². The second kappa shape index (κ2) is 60.7. The summed E-state index contributed by atoms with van der Waals surface area (Å²) in [7, 11) is 0. The van der Waals surface area contributed by atoms with Gasteiger partial charge in [-0.15, -0.1) is 0 Å². The van der Waals surface area contributed by atoms with Crippen molar-refractivity contribution in [2.45, 2.75) is 329 Å². The van der Waals surface area contributed by atoms with Crippen LogP contribution in [-0.4, -0.2) is 37.2 Å². The summed E-state index contributed by atoms with van der Waals surface area (Å²) in [6.07, 6.45) is 76.7. The smallest absolute Gasteiger partial charge is 0.306 e. The zero-order valence-corrected chi connectivity index (χ0v) is 47.9. The van der Waals surface area contributed by atoms with Crippen LogP contribution in [0, 0.1) is 0 Å². The van der Waals surface area contributed by atoms with Gasteiger partial charge in [-0.3, -0.25) is 14.4 Å². The van der Waals surface area contributed by atoms with Crippen molar-refractivity contribution < 1.29 is 28.6 Å². The highest BCUT2D eigenvalue weighted by molar-refractivity contribution is 5.71. The number of unbranched alkanes of at least 4 members (excludes halogenated alkanes) is 36. The van der Waals surface area contributed by atoms with Gasteiger partial charge in [0.2, 0.25) is 0 Å². The summed E-state index contributed by atoms with van der Waals surface area (Å²) in [5, 5.41) is 0. The van der Waals surface area contributed by atoms with Crippen molar-refractivity contribution in [1.29, 1.82) is 0 Å². The van der Waals surface area contributed by atoms with Crippen molar-refractivity contribution >= 4 is 17.9 Å². The fourth-order valence-electron chi connectivity index (χ4n) is 9.08. The van der Waals surface area contributed by atoms with Gasteiger partial charge < -0.3 is 14.2 Å². The van der Waals surface area contributed by atoms with E-state index in [4.69, 9.17) is 14.2 Å². The Balaban J connectivity index is 4.25. The Kier molecular flexibility index (Phi) is 58.2. The standard InChI is InChI=1S/C66H118O6/c1-4-7-10-13-16-19-22-25-27-28-29-30-31-32-33-34-35-36-37-39-41-44-47-50-53-56-59-65(68)71-62-63(61-70-64(67)58-55-52-49-46-43-40-24-21-18-15-12-9-6-3)72-66(69)60-57-54-51-48-45-42-38-26-23-20-17-14-11-8-5-2/h8,11,17,20-21,24,26,38,45,48,63H,4-7,9-10,12-16,18-19,22-23,25,27-37,39-44,46-47,49-62H2,1-3H3/b11-8-,20-17-,24-21-,38-26-,48-45-. The first kappa shape index (κ1) is 69.1. The molecule has 0 saturated carbocycles. The minimum absolute atomic E-state index is 0.0908. The van der Waals surface area contributed by atoms with Crippen LogP contribution in [0.15, 0.2) is 60.8 Å². The Morgan fingerprint density at radius 1 is 0.292 bits per heavy atom. The molecule has 1 atom stereocenters. The first-order valence-electron chi connectivity index (χ1n) is 31.3. The van der Waals surface area contributed by atoms with Gasteiger partial charge in [-0.25, -0.2) is 0 Å². The quantitative estimate of drug-likeness (QED) is 0.0261. The van der Waals surface area contributed by atoms with E-state index in [-0.39, 0.29) is 37.5 Å². The number of rotatable bonds is 57. The van der Waals surface area contributed by atoms with Crippen LogP contribution >= 0.6 is 0 Å². The lowest BCUT2D eigenvalue weighted by molar-refractivity contribution is -0.167. The molecule has 0 spiro atoms. The summed E-state index contributed by atoms with van der Waals surface area (Å²) in [5.74, 6) is -0.928. The summed E-state index contributed by atoms with van der Waals surface area (Å²) in [4.78, 5) is 38.2. The van der Waals surface area contributed by atoms with Gasteiger partial charge in [0, 0.05) is 19.3 Å². The summed E-state index contributed by atoms with van der Waals surface area (Å²) >= 11 is 0. The molecule has 0 fully saturated rings. The molecule has 0 heterocycles. The number of ether oxygens (including phenoxy) is 3. The Labute approximate surface area is 447 Å². The van der Waals surface area contributed by atoms with Gasteiger partial charge in [0.15, 0.2) is 6.10 Å². The van der Waals surface area contributed by atoms with Crippen LogP contribution in [0.5, 0.6) is 0 Å². The molecule has 0 bridgehead atoms. The molecular formula is C66H118O6. The van der Waals surface area contributed by atoms with Gasteiger partial charge in [-0.05, 0) is 83.5 Å². The average molecular weight is 1010 g/mol. The van der Waals surface area contributed by atoms with Gasteiger partial charge in [-0.1, -0.05) is 281 Å². The van der Waals surface area contributed by atoms with E-state index in [2.05, 4.69) is 81.5 Å². The molecule has 0 saturated heterocycles. The van der Waals surface area contributed by atoms with Crippen molar-refractivity contribution in [2.75, 3.05) is 13.2 Å². The molecule has 0 aliphatic rings. The highest BCUT2D eigenvalue weighted by Crippen LogP contribution is 2.17. The van der Waals surface area contributed by atoms with E-state index in [1.165, 1.54) is 193 Å². The lowest BCUT2D eigenvalue weighted by Crippen LogP contribution is -2.30. The molecule has 0 aliphatic carbocycles. The lowest BCUT2D eigenvalue weighted by atomic mass is 10.0. The average Bonchev–Trinajstić information content (AvgIpc) is 3.38. The Bertz CT molecular complexity index is 1290. The molecule has 72 heavy (non-hydrogen) atoms. The van der Waals surface area contributed by atoms with Crippen molar-refractivity contribution in [2.24, 2.45) is 0 Å². The number of allylic oxidation sites excluding steroid dienone is 10. The summed E-state index contributed by atoms with van der Waals surface area (Å²) in [5.41, 5.74) is 0. The third-order valence-corrected chi connectivity index (χ3v) is 13.8. The number of carbonyl (C=O) groups is 3.